The molecule has 0 radical (unpaired) electrons. The fourth-order valence-corrected chi connectivity index (χ4v) is 2.90. The molecule has 22 heavy (non-hydrogen) atoms. The van der Waals surface area contributed by atoms with E-state index >= 15 is 0 Å². The van der Waals surface area contributed by atoms with Crippen LogP contribution in [0.4, 0.5) is 5.82 Å². The lowest BCUT2D eigenvalue weighted by atomic mass is 9.91. The molecule has 1 aromatic heterocycles. The molecule has 2 N–H and O–H groups in total. The number of hydrogen-bond acceptors (Lipinski definition) is 5. The van der Waals surface area contributed by atoms with Gasteiger partial charge in [-0.05, 0) is 30.3 Å². The fraction of sp³-hybridized carbons (Fsp3) is 0.294. The molecule has 1 aliphatic heterocycles. The zero-order valence-corrected chi connectivity index (χ0v) is 12.8. The van der Waals surface area contributed by atoms with Gasteiger partial charge < -0.3 is 15.4 Å². The van der Waals surface area contributed by atoms with Gasteiger partial charge in [0.15, 0.2) is 0 Å². The van der Waals surface area contributed by atoms with E-state index in [1.165, 1.54) is 0 Å². The van der Waals surface area contributed by atoms with Gasteiger partial charge in [0.05, 0.1) is 7.11 Å². The maximum Gasteiger partial charge on any atom is 0.142 e. The monoisotopic (exact) mass is 294 g/mol. The largest absolute Gasteiger partial charge is 0.497 e. The van der Waals surface area contributed by atoms with Gasteiger partial charge in [-0.3, -0.25) is 0 Å². The van der Waals surface area contributed by atoms with Crippen LogP contribution in [0.5, 0.6) is 5.75 Å². The van der Waals surface area contributed by atoms with Crippen molar-refractivity contribution in [3.63, 3.8) is 0 Å². The highest BCUT2D eigenvalue weighted by Gasteiger charge is 2.23. The van der Waals surface area contributed by atoms with E-state index in [0.717, 1.165) is 47.6 Å². The Morgan fingerprint density at radius 3 is 2.68 bits per heavy atom. The first-order valence-electron chi connectivity index (χ1n) is 7.18. The van der Waals surface area contributed by atoms with Crippen molar-refractivity contribution in [2.45, 2.75) is 13.0 Å². The number of aromatic nitrogens is 1. The van der Waals surface area contributed by atoms with Gasteiger partial charge in [0.1, 0.15) is 23.2 Å². The third-order valence-electron chi connectivity index (χ3n) is 4.06. The minimum absolute atomic E-state index is 0.316. The first kappa shape index (κ1) is 14.4. The Morgan fingerprint density at radius 2 is 2.05 bits per heavy atom. The molecule has 0 bridgehead atoms. The molecule has 0 atom stereocenters. The molecule has 112 valence electrons. The van der Waals surface area contributed by atoms with Crippen LogP contribution in [-0.4, -0.2) is 30.6 Å². The zero-order valence-electron chi connectivity index (χ0n) is 12.8. The van der Waals surface area contributed by atoms with Crippen LogP contribution in [0.1, 0.15) is 16.8 Å². The molecule has 0 saturated carbocycles. The van der Waals surface area contributed by atoms with Crippen LogP contribution in [0.15, 0.2) is 24.3 Å². The number of fused-ring (bicyclic) bond motifs is 1. The molecule has 2 aromatic rings. The van der Waals surface area contributed by atoms with Crippen molar-refractivity contribution >= 4 is 5.82 Å². The summed E-state index contributed by atoms with van der Waals surface area (Å²) in [5.74, 6) is 1.10. The number of nitrogens with two attached hydrogens (primary N) is 1. The van der Waals surface area contributed by atoms with Crippen LogP contribution in [0.2, 0.25) is 0 Å². The van der Waals surface area contributed by atoms with Crippen LogP contribution in [-0.2, 0) is 13.0 Å². The molecule has 5 nitrogen and oxygen atoms in total. The molecular formula is C17H18N4O. The predicted octanol–water partition coefficient (Wildman–Crippen LogP) is 2.20. The van der Waals surface area contributed by atoms with Crippen molar-refractivity contribution < 1.29 is 4.74 Å². The van der Waals surface area contributed by atoms with E-state index in [1.54, 1.807) is 7.11 Å². The van der Waals surface area contributed by atoms with E-state index in [0.29, 0.717) is 11.4 Å². The van der Waals surface area contributed by atoms with Crippen LogP contribution in [0.3, 0.4) is 0 Å². The molecule has 3 rings (SSSR count). The van der Waals surface area contributed by atoms with Gasteiger partial charge in [-0.2, -0.15) is 5.26 Å². The fourth-order valence-electron chi connectivity index (χ4n) is 2.90. The molecule has 5 heteroatoms. The second-order valence-electron chi connectivity index (χ2n) is 5.50. The highest BCUT2D eigenvalue weighted by molar-refractivity contribution is 5.79. The number of nitrogens with zero attached hydrogens (tertiary/aromatic N) is 3. The second-order valence-corrected chi connectivity index (χ2v) is 5.50. The molecular weight excluding hydrogens is 276 g/mol. The molecule has 0 aliphatic carbocycles. The number of ether oxygens (including phenoxy) is 1. The van der Waals surface area contributed by atoms with Crippen molar-refractivity contribution in [1.29, 1.82) is 5.26 Å². The standard InChI is InChI=1S/C17H18N4O/c1-21-8-7-15-14(10-21)16(13(9-18)17(19)20-15)11-3-5-12(22-2)6-4-11/h3-6H,7-8,10H2,1-2H3,(H2,19,20). The minimum atomic E-state index is 0.316. The van der Waals surface area contributed by atoms with E-state index in [4.69, 9.17) is 10.5 Å². The van der Waals surface area contributed by atoms with Crippen molar-refractivity contribution in [1.82, 2.24) is 9.88 Å². The third kappa shape index (κ3) is 2.38. The second kappa shape index (κ2) is 5.66. The van der Waals surface area contributed by atoms with Crippen molar-refractivity contribution in [2.75, 3.05) is 26.4 Å². The SMILES string of the molecule is COc1ccc(-c2c(C#N)c(N)nc3c2CN(C)CC3)cc1. The number of likely N-dealkylation sites (N-methyl/N-ethyl adjacent to an activating group) is 1. The van der Waals surface area contributed by atoms with E-state index in [1.807, 2.05) is 24.3 Å². The molecule has 0 spiro atoms. The van der Waals surface area contributed by atoms with Gasteiger partial charge in [0, 0.05) is 30.8 Å². The number of benzene rings is 1. The van der Waals surface area contributed by atoms with Crippen LogP contribution < -0.4 is 10.5 Å². The molecule has 0 amide bonds. The summed E-state index contributed by atoms with van der Waals surface area (Å²) >= 11 is 0. The number of methoxy groups -OCH3 is 1. The van der Waals surface area contributed by atoms with Crippen molar-refractivity contribution in [3.05, 3.63) is 41.1 Å². The molecule has 0 fully saturated rings. The number of nitrogen functional groups attached to an aromatic ring is 1. The Balaban J connectivity index is 2.23. The highest BCUT2D eigenvalue weighted by Crippen LogP contribution is 2.35. The van der Waals surface area contributed by atoms with Crippen molar-refractivity contribution in [2.24, 2.45) is 0 Å². The van der Waals surface area contributed by atoms with Gasteiger partial charge in [0.25, 0.3) is 0 Å². The molecule has 0 unspecified atom stereocenters. The Hall–Kier alpha value is -2.58. The van der Waals surface area contributed by atoms with E-state index in [2.05, 4.69) is 23.0 Å². The summed E-state index contributed by atoms with van der Waals surface area (Å²) in [7, 11) is 3.71. The maximum absolute atomic E-state index is 9.52. The van der Waals surface area contributed by atoms with Crippen molar-refractivity contribution in [3.8, 4) is 22.9 Å². The summed E-state index contributed by atoms with van der Waals surface area (Å²) in [5.41, 5.74) is 10.4. The average molecular weight is 294 g/mol. The van der Waals surface area contributed by atoms with Gasteiger partial charge >= 0.3 is 0 Å². The Morgan fingerprint density at radius 1 is 1.32 bits per heavy atom. The van der Waals surface area contributed by atoms with Gasteiger partial charge in [-0.25, -0.2) is 4.98 Å². The Kier molecular flexibility index (Phi) is 3.70. The summed E-state index contributed by atoms with van der Waals surface area (Å²) < 4.78 is 5.20. The Labute approximate surface area is 129 Å². The summed E-state index contributed by atoms with van der Waals surface area (Å²) in [6.07, 6.45) is 0.852. The number of hydrogen-bond donors (Lipinski definition) is 1. The number of anilines is 1. The molecule has 0 saturated heterocycles. The quantitative estimate of drug-likeness (QED) is 0.919. The zero-order chi connectivity index (χ0) is 15.7. The molecule has 1 aliphatic rings. The first-order valence-corrected chi connectivity index (χ1v) is 7.18. The van der Waals surface area contributed by atoms with E-state index in [-0.39, 0.29) is 0 Å². The lowest BCUT2D eigenvalue weighted by molar-refractivity contribution is 0.310. The van der Waals surface area contributed by atoms with Gasteiger partial charge in [-0.15, -0.1) is 0 Å². The number of pyridine rings is 1. The van der Waals surface area contributed by atoms with Crippen LogP contribution in [0.25, 0.3) is 11.1 Å². The summed E-state index contributed by atoms with van der Waals surface area (Å²) in [6, 6.07) is 9.93. The normalized spacial score (nSPS) is 14.2. The average Bonchev–Trinajstić information content (AvgIpc) is 2.54. The molecule has 1 aromatic carbocycles. The Bertz CT molecular complexity index is 747. The first-order chi connectivity index (χ1) is 10.6. The van der Waals surface area contributed by atoms with Crippen LogP contribution >= 0.6 is 0 Å². The number of rotatable bonds is 2. The lowest BCUT2D eigenvalue weighted by Crippen LogP contribution is -2.28. The molecule has 2 heterocycles. The summed E-state index contributed by atoms with van der Waals surface area (Å²) in [6.45, 7) is 1.73. The summed E-state index contributed by atoms with van der Waals surface area (Å²) in [5, 5.41) is 9.52. The third-order valence-corrected chi connectivity index (χ3v) is 4.06. The highest BCUT2D eigenvalue weighted by atomic mass is 16.5. The smallest absolute Gasteiger partial charge is 0.142 e. The van der Waals surface area contributed by atoms with Gasteiger partial charge in [0.2, 0.25) is 0 Å². The summed E-state index contributed by atoms with van der Waals surface area (Å²) in [4.78, 5) is 6.67. The van der Waals surface area contributed by atoms with Gasteiger partial charge in [-0.1, -0.05) is 12.1 Å². The van der Waals surface area contributed by atoms with Crippen LogP contribution in [0, 0.1) is 11.3 Å². The topological polar surface area (TPSA) is 75.2 Å². The number of nitriles is 1. The predicted molar refractivity (Wildman–Crippen MR) is 85.4 cm³/mol. The minimum Gasteiger partial charge on any atom is -0.497 e. The van der Waals surface area contributed by atoms with E-state index in [9.17, 15) is 5.26 Å². The van der Waals surface area contributed by atoms with E-state index < -0.39 is 0 Å². The lowest BCUT2D eigenvalue weighted by Gasteiger charge is -2.27. The maximum atomic E-state index is 9.52.